The van der Waals surface area contributed by atoms with Crippen LogP contribution in [0.5, 0.6) is 0 Å². The van der Waals surface area contributed by atoms with Crippen molar-refractivity contribution in [2.75, 3.05) is 6.54 Å². The molecule has 0 radical (unpaired) electrons. The van der Waals surface area contributed by atoms with Gasteiger partial charge in [0.1, 0.15) is 0 Å². The Labute approximate surface area is 199 Å². The van der Waals surface area contributed by atoms with Gasteiger partial charge in [-0.15, -0.1) is 0 Å². The van der Waals surface area contributed by atoms with E-state index in [4.69, 9.17) is 0 Å². The zero-order valence-corrected chi connectivity index (χ0v) is 19.0. The van der Waals surface area contributed by atoms with Crippen molar-refractivity contribution >= 4 is 11.8 Å². The molecule has 0 aliphatic carbocycles. The standard InChI is InChI=1S/C27H29N3O4/c1-18(19-9-11-20(12-10-19)21-13-15-28-16-14-21)29-26(33)24(31)25(32)27(34)30-17-5-8-23(30)22-6-3-2-4-7-22/h2-4,6-7,9-16,18,23-25,31-32H,5,8,17H2,1H3,(H,29,33)/t18-,23?,24-,25-/m1/s1. The van der Waals surface area contributed by atoms with Crippen molar-refractivity contribution < 1.29 is 19.8 Å². The van der Waals surface area contributed by atoms with Crippen LogP contribution in [-0.2, 0) is 9.59 Å². The first-order valence-corrected chi connectivity index (χ1v) is 11.5. The molecule has 3 N–H and O–H groups in total. The molecule has 4 rings (SSSR count). The van der Waals surface area contributed by atoms with Crippen LogP contribution in [0.3, 0.4) is 0 Å². The molecular formula is C27H29N3O4. The van der Waals surface area contributed by atoms with Crippen LogP contribution in [0.25, 0.3) is 11.1 Å². The predicted molar refractivity (Wildman–Crippen MR) is 128 cm³/mol. The quantitative estimate of drug-likeness (QED) is 0.504. The number of aliphatic hydroxyl groups is 2. The number of aliphatic hydroxyl groups excluding tert-OH is 2. The predicted octanol–water partition coefficient (Wildman–Crippen LogP) is 3.01. The van der Waals surface area contributed by atoms with Gasteiger partial charge in [-0.2, -0.15) is 0 Å². The van der Waals surface area contributed by atoms with Gasteiger partial charge in [-0.3, -0.25) is 14.6 Å². The van der Waals surface area contributed by atoms with Gasteiger partial charge >= 0.3 is 0 Å². The lowest BCUT2D eigenvalue weighted by molar-refractivity contribution is -0.154. The summed E-state index contributed by atoms with van der Waals surface area (Å²) in [6.45, 7) is 2.26. The minimum Gasteiger partial charge on any atom is -0.380 e. The fourth-order valence-corrected chi connectivity index (χ4v) is 4.39. The van der Waals surface area contributed by atoms with Crippen molar-refractivity contribution in [2.24, 2.45) is 0 Å². The van der Waals surface area contributed by atoms with E-state index in [0.717, 1.165) is 35.1 Å². The second-order valence-corrected chi connectivity index (χ2v) is 8.58. The number of hydrogen-bond donors (Lipinski definition) is 3. The summed E-state index contributed by atoms with van der Waals surface area (Å²) in [7, 11) is 0. The maximum Gasteiger partial charge on any atom is 0.255 e. The van der Waals surface area contributed by atoms with Crippen LogP contribution in [0.4, 0.5) is 0 Å². The monoisotopic (exact) mass is 459 g/mol. The minimum atomic E-state index is -1.86. The molecule has 34 heavy (non-hydrogen) atoms. The summed E-state index contributed by atoms with van der Waals surface area (Å²) in [5.41, 5.74) is 3.86. The molecule has 4 atom stereocenters. The van der Waals surface area contributed by atoms with Crippen molar-refractivity contribution in [1.82, 2.24) is 15.2 Å². The molecule has 2 heterocycles. The number of nitrogens with one attached hydrogen (secondary N) is 1. The van der Waals surface area contributed by atoms with Crippen LogP contribution in [0.15, 0.2) is 79.1 Å². The van der Waals surface area contributed by atoms with Crippen LogP contribution in [0, 0.1) is 0 Å². The number of likely N-dealkylation sites (tertiary alicyclic amines) is 1. The lowest BCUT2D eigenvalue weighted by atomic mass is 10.0. The smallest absolute Gasteiger partial charge is 0.255 e. The zero-order chi connectivity index (χ0) is 24.1. The summed E-state index contributed by atoms with van der Waals surface area (Å²) in [5.74, 6) is -1.43. The fourth-order valence-electron chi connectivity index (χ4n) is 4.39. The average molecular weight is 460 g/mol. The Hall–Kier alpha value is -3.55. The maximum atomic E-state index is 12.9. The fraction of sp³-hybridized carbons (Fsp3) is 0.296. The number of aromatic nitrogens is 1. The van der Waals surface area contributed by atoms with E-state index in [2.05, 4.69) is 10.3 Å². The van der Waals surface area contributed by atoms with Gasteiger partial charge in [0.15, 0.2) is 12.2 Å². The van der Waals surface area contributed by atoms with Gasteiger partial charge in [-0.25, -0.2) is 0 Å². The van der Waals surface area contributed by atoms with Gasteiger partial charge in [-0.1, -0.05) is 54.6 Å². The SMILES string of the molecule is C[C@@H](NC(=O)[C@H](O)[C@@H](O)C(=O)N1CCCC1c1ccccc1)c1ccc(-c2ccncc2)cc1. The van der Waals surface area contributed by atoms with Crippen molar-refractivity contribution in [2.45, 2.75) is 44.1 Å². The van der Waals surface area contributed by atoms with Crippen molar-refractivity contribution in [3.63, 3.8) is 0 Å². The Kier molecular flexibility index (Phi) is 7.35. The molecule has 0 bridgehead atoms. The molecule has 1 aliphatic heterocycles. The van der Waals surface area contributed by atoms with E-state index in [1.165, 1.54) is 0 Å². The van der Waals surface area contributed by atoms with E-state index in [0.29, 0.717) is 6.54 Å². The van der Waals surface area contributed by atoms with Crippen LogP contribution in [-0.4, -0.2) is 50.7 Å². The van der Waals surface area contributed by atoms with Gasteiger partial charge in [0.25, 0.3) is 11.8 Å². The van der Waals surface area contributed by atoms with Crippen LogP contribution in [0.2, 0.25) is 0 Å². The molecule has 1 unspecified atom stereocenters. The normalized spacial score (nSPS) is 18.2. The Balaban J connectivity index is 1.37. The number of benzene rings is 2. The molecule has 7 nitrogen and oxygen atoms in total. The van der Waals surface area contributed by atoms with Gasteiger partial charge in [0.2, 0.25) is 0 Å². The molecule has 0 saturated carbocycles. The molecule has 7 heteroatoms. The first-order valence-electron chi connectivity index (χ1n) is 11.5. The first-order chi connectivity index (χ1) is 16.5. The molecular weight excluding hydrogens is 430 g/mol. The second-order valence-electron chi connectivity index (χ2n) is 8.58. The first kappa shape index (κ1) is 23.6. The Morgan fingerprint density at radius 1 is 0.941 bits per heavy atom. The number of pyridine rings is 1. The summed E-state index contributed by atoms with van der Waals surface area (Å²) in [6.07, 6.45) is 1.34. The van der Waals surface area contributed by atoms with Gasteiger partial charge < -0.3 is 20.4 Å². The number of carbonyl (C=O) groups is 2. The Bertz CT molecular complexity index is 1110. The van der Waals surface area contributed by atoms with Crippen molar-refractivity contribution in [3.8, 4) is 11.1 Å². The minimum absolute atomic E-state index is 0.170. The third-order valence-electron chi connectivity index (χ3n) is 6.32. The van der Waals surface area contributed by atoms with E-state index < -0.39 is 30.1 Å². The zero-order valence-electron chi connectivity index (χ0n) is 19.0. The molecule has 0 spiro atoms. The molecule has 1 fully saturated rings. The van der Waals surface area contributed by atoms with Gasteiger partial charge in [0, 0.05) is 18.9 Å². The number of hydrogen-bond acceptors (Lipinski definition) is 5. The average Bonchev–Trinajstić information content (AvgIpc) is 3.38. The summed E-state index contributed by atoms with van der Waals surface area (Å²) >= 11 is 0. The highest BCUT2D eigenvalue weighted by molar-refractivity contribution is 5.91. The molecule has 2 amide bonds. The third kappa shape index (κ3) is 5.16. The maximum absolute atomic E-state index is 12.9. The molecule has 2 aromatic carbocycles. The van der Waals surface area contributed by atoms with Crippen LogP contribution >= 0.6 is 0 Å². The lowest BCUT2D eigenvalue weighted by Gasteiger charge is -2.29. The molecule has 1 aromatic heterocycles. The van der Waals surface area contributed by atoms with Gasteiger partial charge in [-0.05, 0) is 54.2 Å². The summed E-state index contributed by atoms with van der Waals surface area (Å²) in [4.78, 5) is 31.1. The molecule has 3 aromatic rings. The summed E-state index contributed by atoms with van der Waals surface area (Å²) in [6, 6.07) is 20.5. The molecule has 1 saturated heterocycles. The number of carbonyl (C=O) groups excluding carboxylic acids is 2. The molecule has 1 aliphatic rings. The largest absolute Gasteiger partial charge is 0.380 e. The highest BCUT2D eigenvalue weighted by atomic mass is 16.3. The van der Waals surface area contributed by atoms with Gasteiger partial charge in [0.05, 0.1) is 12.1 Å². The molecule has 176 valence electrons. The topological polar surface area (TPSA) is 103 Å². The van der Waals surface area contributed by atoms with Crippen LogP contribution < -0.4 is 5.32 Å². The third-order valence-corrected chi connectivity index (χ3v) is 6.32. The van der Waals surface area contributed by atoms with Crippen LogP contribution in [0.1, 0.15) is 43.0 Å². The van der Waals surface area contributed by atoms with E-state index in [9.17, 15) is 19.8 Å². The highest BCUT2D eigenvalue weighted by Gasteiger charge is 2.38. The van der Waals surface area contributed by atoms with Crippen molar-refractivity contribution in [3.05, 3.63) is 90.3 Å². The van der Waals surface area contributed by atoms with Crippen molar-refractivity contribution in [1.29, 1.82) is 0 Å². The van der Waals surface area contributed by atoms with E-state index in [1.807, 2.05) is 66.7 Å². The number of nitrogens with zero attached hydrogens (tertiary/aromatic N) is 2. The van der Waals surface area contributed by atoms with E-state index in [-0.39, 0.29) is 6.04 Å². The number of rotatable bonds is 7. The summed E-state index contributed by atoms with van der Waals surface area (Å²) in [5, 5.41) is 23.7. The second kappa shape index (κ2) is 10.6. The highest BCUT2D eigenvalue weighted by Crippen LogP contribution is 2.32. The number of amides is 2. The Morgan fingerprint density at radius 3 is 2.26 bits per heavy atom. The summed E-state index contributed by atoms with van der Waals surface area (Å²) < 4.78 is 0. The Morgan fingerprint density at radius 2 is 1.59 bits per heavy atom. The lowest BCUT2D eigenvalue weighted by Crippen LogP contribution is -2.50. The van der Waals surface area contributed by atoms with E-state index >= 15 is 0 Å². The van der Waals surface area contributed by atoms with E-state index in [1.54, 1.807) is 24.2 Å².